The number of nitriles is 1. The van der Waals surface area contributed by atoms with E-state index >= 15 is 0 Å². The Labute approximate surface area is 111 Å². The maximum absolute atomic E-state index is 8.86. The summed E-state index contributed by atoms with van der Waals surface area (Å²) in [5.41, 5.74) is 1.23. The fourth-order valence-corrected chi connectivity index (χ4v) is 1.64. The minimum atomic E-state index is 0.348. The Morgan fingerprint density at radius 1 is 1.26 bits per heavy atom. The van der Waals surface area contributed by atoms with E-state index < -0.39 is 0 Å². The van der Waals surface area contributed by atoms with Crippen molar-refractivity contribution in [1.29, 1.82) is 5.26 Å². The van der Waals surface area contributed by atoms with Crippen molar-refractivity contribution in [1.82, 2.24) is 9.97 Å². The molecule has 0 spiro atoms. The number of nitrogens with zero attached hydrogens (tertiary/aromatic N) is 3. The Morgan fingerprint density at radius 3 is 2.63 bits per heavy atom. The monoisotopic (exact) mass is 254 g/mol. The van der Waals surface area contributed by atoms with E-state index in [1.165, 1.54) is 0 Å². The molecule has 0 unspecified atom stereocenters. The molecule has 0 bridgehead atoms. The Kier molecular flexibility index (Phi) is 3.94. The first-order chi connectivity index (χ1) is 9.21. The predicted molar refractivity (Wildman–Crippen MR) is 72.4 cm³/mol. The van der Waals surface area contributed by atoms with Gasteiger partial charge in [-0.2, -0.15) is 5.26 Å². The van der Waals surface area contributed by atoms with Crippen molar-refractivity contribution >= 4 is 11.5 Å². The molecule has 0 aliphatic carbocycles. The summed E-state index contributed by atoms with van der Waals surface area (Å²) in [6, 6.07) is 11.2. The number of hydrogen-bond donors (Lipinski definition) is 1. The number of benzene rings is 1. The molecule has 2 aromatic rings. The highest BCUT2D eigenvalue weighted by Crippen LogP contribution is 2.19. The van der Waals surface area contributed by atoms with Gasteiger partial charge in [0, 0.05) is 11.8 Å². The molecule has 0 atom stereocenters. The first-order valence-electron chi connectivity index (χ1n) is 5.97. The molecule has 0 amide bonds. The second-order valence-electron chi connectivity index (χ2n) is 3.88. The average Bonchev–Trinajstić information content (AvgIpc) is 2.40. The first kappa shape index (κ1) is 12.8. The SMILES string of the molecule is CCOc1ccc(Nc2cc(C#N)nc(C)n2)cc1. The maximum atomic E-state index is 8.86. The van der Waals surface area contributed by atoms with Crippen LogP contribution in [0.3, 0.4) is 0 Å². The third-order valence-electron chi connectivity index (χ3n) is 2.39. The Balaban J connectivity index is 2.17. The van der Waals surface area contributed by atoms with Crippen LogP contribution in [0, 0.1) is 18.3 Å². The lowest BCUT2D eigenvalue weighted by Gasteiger charge is -2.08. The standard InChI is InChI=1S/C14H14N4O/c1-3-19-13-6-4-11(5-7-13)18-14-8-12(9-15)16-10(2)17-14/h4-8H,3H2,1-2H3,(H,16,17,18). The molecule has 1 N–H and O–H groups in total. The summed E-state index contributed by atoms with van der Waals surface area (Å²) in [4.78, 5) is 8.23. The highest BCUT2D eigenvalue weighted by molar-refractivity contribution is 5.57. The van der Waals surface area contributed by atoms with Gasteiger partial charge in [-0.15, -0.1) is 0 Å². The summed E-state index contributed by atoms with van der Waals surface area (Å²) in [5, 5.41) is 12.0. The van der Waals surface area contributed by atoms with Crippen LogP contribution in [0.4, 0.5) is 11.5 Å². The normalized spacial score (nSPS) is 9.74. The van der Waals surface area contributed by atoms with Crippen LogP contribution < -0.4 is 10.1 Å². The quantitative estimate of drug-likeness (QED) is 0.908. The average molecular weight is 254 g/mol. The lowest BCUT2D eigenvalue weighted by atomic mass is 10.3. The van der Waals surface area contributed by atoms with Crippen LogP contribution in [0.2, 0.25) is 0 Å². The highest BCUT2D eigenvalue weighted by Gasteiger charge is 2.02. The van der Waals surface area contributed by atoms with Crippen molar-refractivity contribution in [3.63, 3.8) is 0 Å². The van der Waals surface area contributed by atoms with Crippen molar-refractivity contribution in [2.24, 2.45) is 0 Å². The highest BCUT2D eigenvalue weighted by atomic mass is 16.5. The van der Waals surface area contributed by atoms with Crippen molar-refractivity contribution in [2.75, 3.05) is 11.9 Å². The van der Waals surface area contributed by atoms with E-state index in [1.54, 1.807) is 13.0 Å². The van der Waals surface area contributed by atoms with Gasteiger partial charge in [0.2, 0.25) is 0 Å². The summed E-state index contributed by atoms with van der Waals surface area (Å²) in [5.74, 6) is 1.99. The van der Waals surface area contributed by atoms with Crippen molar-refractivity contribution in [3.8, 4) is 11.8 Å². The molecule has 0 radical (unpaired) electrons. The number of anilines is 2. The molecule has 0 saturated carbocycles. The molecule has 1 aromatic heterocycles. The van der Waals surface area contributed by atoms with Crippen LogP contribution in [0.25, 0.3) is 0 Å². The number of aromatic nitrogens is 2. The fourth-order valence-electron chi connectivity index (χ4n) is 1.64. The lowest BCUT2D eigenvalue weighted by molar-refractivity contribution is 0.340. The molecule has 19 heavy (non-hydrogen) atoms. The van der Waals surface area contributed by atoms with Crippen LogP contribution in [-0.4, -0.2) is 16.6 Å². The van der Waals surface area contributed by atoms with Crippen molar-refractivity contribution in [3.05, 3.63) is 41.9 Å². The van der Waals surface area contributed by atoms with Gasteiger partial charge in [-0.25, -0.2) is 9.97 Å². The maximum Gasteiger partial charge on any atom is 0.146 e. The zero-order valence-electron chi connectivity index (χ0n) is 10.8. The summed E-state index contributed by atoms with van der Waals surface area (Å²) in [6.07, 6.45) is 0. The van der Waals surface area contributed by atoms with Crippen molar-refractivity contribution in [2.45, 2.75) is 13.8 Å². The van der Waals surface area contributed by atoms with Crippen LogP contribution in [0.1, 0.15) is 18.4 Å². The largest absolute Gasteiger partial charge is 0.494 e. The fraction of sp³-hybridized carbons (Fsp3) is 0.214. The van der Waals surface area contributed by atoms with Gasteiger partial charge in [0.25, 0.3) is 0 Å². The van der Waals surface area contributed by atoms with Gasteiger partial charge in [-0.1, -0.05) is 0 Å². The van der Waals surface area contributed by atoms with Gasteiger partial charge in [-0.3, -0.25) is 0 Å². The zero-order valence-corrected chi connectivity index (χ0v) is 10.8. The van der Waals surface area contributed by atoms with Gasteiger partial charge < -0.3 is 10.1 Å². The summed E-state index contributed by atoms with van der Waals surface area (Å²) in [6.45, 7) is 4.34. The molecule has 2 rings (SSSR count). The minimum absolute atomic E-state index is 0.348. The molecule has 0 fully saturated rings. The van der Waals surface area contributed by atoms with E-state index in [4.69, 9.17) is 10.00 Å². The van der Waals surface area contributed by atoms with Crippen LogP contribution in [0.15, 0.2) is 30.3 Å². The smallest absolute Gasteiger partial charge is 0.146 e. The molecule has 0 aliphatic heterocycles. The summed E-state index contributed by atoms with van der Waals surface area (Å²) in [7, 11) is 0. The molecule has 5 nitrogen and oxygen atoms in total. The van der Waals surface area contributed by atoms with Crippen molar-refractivity contribution < 1.29 is 4.74 Å². The van der Waals surface area contributed by atoms with Crippen LogP contribution >= 0.6 is 0 Å². The molecule has 1 heterocycles. The number of nitrogens with one attached hydrogen (secondary N) is 1. The molecule has 96 valence electrons. The summed E-state index contributed by atoms with van der Waals surface area (Å²) >= 11 is 0. The molecular weight excluding hydrogens is 240 g/mol. The number of ether oxygens (including phenoxy) is 1. The molecule has 5 heteroatoms. The van der Waals surface area contributed by atoms with Gasteiger partial charge in [0.15, 0.2) is 0 Å². The third kappa shape index (κ3) is 3.42. The number of rotatable bonds is 4. The van der Waals surface area contributed by atoms with Gasteiger partial charge in [-0.05, 0) is 38.1 Å². The minimum Gasteiger partial charge on any atom is -0.494 e. The lowest BCUT2D eigenvalue weighted by Crippen LogP contribution is -1.99. The number of hydrogen-bond acceptors (Lipinski definition) is 5. The topological polar surface area (TPSA) is 70.8 Å². The van der Waals surface area contributed by atoms with E-state index in [0.29, 0.717) is 23.9 Å². The Morgan fingerprint density at radius 2 is 2.00 bits per heavy atom. The van der Waals surface area contributed by atoms with E-state index in [-0.39, 0.29) is 0 Å². The molecule has 0 aliphatic rings. The second kappa shape index (κ2) is 5.83. The van der Waals surface area contributed by atoms with E-state index in [9.17, 15) is 0 Å². The summed E-state index contributed by atoms with van der Waals surface area (Å²) < 4.78 is 5.37. The van der Waals surface area contributed by atoms with Gasteiger partial charge >= 0.3 is 0 Å². The molecular formula is C14H14N4O. The first-order valence-corrected chi connectivity index (χ1v) is 5.97. The predicted octanol–water partition coefficient (Wildman–Crippen LogP) is 2.80. The molecule has 1 aromatic carbocycles. The second-order valence-corrected chi connectivity index (χ2v) is 3.88. The zero-order chi connectivity index (χ0) is 13.7. The van der Waals surface area contributed by atoms with E-state index in [0.717, 1.165) is 11.4 Å². The van der Waals surface area contributed by atoms with Crippen LogP contribution in [-0.2, 0) is 0 Å². The van der Waals surface area contributed by atoms with Gasteiger partial charge in [0.05, 0.1) is 6.61 Å². The van der Waals surface area contributed by atoms with Crippen LogP contribution in [0.5, 0.6) is 5.75 Å². The van der Waals surface area contributed by atoms with E-state index in [1.807, 2.05) is 37.3 Å². The number of aryl methyl sites for hydroxylation is 1. The Bertz CT molecular complexity index is 602. The van der Waals surface area contributed by atoms with Gasteiger partial charge in [0.1, 0.15) is 29.2 Å². The molecule has 0 saturated heterocycles. The van der Waals surface area contributed by atoms with E-state index in [2.05, 4.69) is 15.3 Å². The Hall–Kier alpha value is -2.61. The third-order valence-corrected chi connectivity index (χ3v) is 2.39.